The highest BCUT2D eigenvalue weighted by Gasteiger charge is 2.33. The van der Waals surface area contributed by atoms with E-state index in [1.165, 1.54) is 6.07 Å². The predicted molar refractivity (Wildman–Crippen MR) is 76.5 cm³/mol. The van der Waals surface area contributed by atoms with E-state index < -0.39 is 28.3 Å². The number of aliphatic carboxylic acids is 1. The first-order chi connectivity index (χ1) is 9.54. The molecule has 1 aromatic carbocycles. The number of halogens is 1. The molecule has 0 bridgehead atoms. The molecule has 1 amide bonds. The number of carboxylic acids is 1. The van der Waals surface area contributed by atoms with Crippen molar-refractivity contribution in [3.8, 4) is 0 Å². The van der Waals surface area contributed by atoms with Gasteiger partial charge in [0, 0.05) is 11.6 Å². The molecule has 1 aromatic rings. The van der Waals surface area contributed by atoms with Gasteiger partial charge < -0.3 is 10.4 Å². The minimum absolute atomic E-state index is 0.0566. The SMILES string of the molecule is CC(C)(C)[C@H](NC(=O)c1ccc([N+](=O)[O-])c(Cl)c1)C(=O)O. The summed E-state index contributed by atoms with van der Waals surface area (Å²) in [6, 6.07) is 2.36. The number of nitrogens with zero attached hydrogens (tertiary/aromatic N) is 1. The lowest BCUT2D eigenvalue weighted by Crippen LogP contribution is -2.49. The first kappa shape index (κ1) is 16.9. The summed E-state index contributed by atoms with van der Waals surface area (Å²) in [5.74, 6) is -1.82. The second-order valence-corrected chi connectivity index (χ2v) is 5.94. The smallest absolute Gasteiger partial charge is 0.326 e. The van der Waals surface area contributed by atoms with Crippen LogP contribution in [0.3, 0.4) is 0 Å². The molecule has 114 valence electrons. The molecule has 0 fully saturated rings. The van der Waals surface area contributed by atoms with Crippen LogP contribution in [0.4, 0.5) is 5.69 Å². The number of nitro benzene ring substituents is 1. The van der Waals surface area contributed by atoms with Gasteiger partial charge in [-0.3, -0.25) is 14.9 Å². The Bertz CT molecular complexity index is 595. The van der Waals surface area contributed by atoms with E-state index in [1.54, 1.807) is 20.8 Å². The minimum Gasteiger partial charge on any atom is -0.480 e. The van der Waals surface area contributed by atoms with Gasteiger partial charge in [0.05, 0.1) is 4.92 Å². The highest BCUT2D eigenvalue weighted by molar-refractivity contribution is 6.33. The maximum Gasteiger partial charge on any atom is 0.326 e. The van der Waals surface area contributed by atoms with Crippen LogP contribution in [0.25, 0.3) is 0 Å². The number of benzene rings is 1. The van der Waals surface area contributed by atoms with E-state index in [9.17, 15) is 19.7 Å². The van der Waals surface area contributed by atoms with Crippen molar-refractivity contribution >= 4 is 29.2 Å². The van der Waals surface area contributed by atoms with E-state index in [2.05, 4.69) is 5.32 Å². The number of nitrogens with one attached hydrogen (secondary N) is 1. The minimum atomic E-state index is -1.16. The lowest BCUT2D eigenvalue weighted by molar-refractivity contribution is -0.384. The number of nitro groups is 1. The zero-order valence-electron chi connectivity index (χ0n) is 11.7. The third-order valence-corrected chi connectivity index (χ3v) is 3.10. The van der Waals surface area contributed by atoms with Crippen LogP contribution in [-0.2, 0) is 4.79 Å². The van der Waals surface area contributed by atoms with Crippen molar-refractivity contribution in [3.05, 3.63) is 38.9 Å². The first-order valence-electron chi connectivity index (χ1n) is 6.01. The summed E-state index contributed by atoms with van der Waals surface area (Å²) in [6.45, 7) is 5.03. The molecule has 0 aliphatic rings. The molecular weight excluding hydrogens is 300 g/mol. The van der Waals surface area contributed by atoms with Crippen LogP contribution in [0.2, 0.25) is 5.02 Å². The van der Waals surface area contributed by atoms with Gasteiger partial charge in [-0.15, -0.1) is 0 Å². The molecule has 7 nitrogen and oxygen atoms in total. The van der Waals surface area contributed by atoms with Crippen LogP contribution in [0.15, 0.2) is 18.2 Å². The van der Waals surface area contributed by atoms with Crippen molar-refractivity contribution in [2.45, 2.75) is 26.8 Å². The van der Waals surface area contributed by atoms with Gasteiger partial charge in [-0.2, -0.15) is 0 Å². The van der Waals surface area contributed by atoms with Gasteiger partial charge >= 0.3 is 5.97 Å². The van der Waals surface area contributed by atoms with Crippen molar-refractivity contribution in [2.75, 3.05) is 0 Å². The van der Waals surface area contributed by atoms with Gasteiger partial charge in [-0.05, 0) is 17.5 Å². The van der Waals surface area contributed by atoms with E-state index >= 15 is 0 Å². The van der Waals surface area contributed by atoms with Crippen LogP contribution in [0.1, 0.15) is 31.1 Å². The molecule has 0 spiro atoms. The van der Waals surface area contributed by atoms with Crippen molar-refractivity contribution in [3.63, 3.8) is 0 Å². The van der Waals surface area contributed by atoms with Crippen molar-refractivity contribution < 1.29 is 19.6 Å². The fraction of sp³-hybridized carbons (Fsp3) is 0.385. The van der Waals surface area contributed by atoms with Crippen LogP contribution < -0.4 is 5.32 Å². The highest BCUT2D eigenvalue weighted by atomic mass is 35.5. The molecular formula is C13H15ClN2O5. The second kappa shape index (κ2) is 6.09. The number of hydrogen-bond donors (Lipinski definition) is 2. The zero-order chi connectivity index (χ0) is 16.4. The molecule has 0 saturated heterocycles. The molecule has 1 atom stereocenters. The molecule has 1 rings (SSSR count). The number of amides is 1. The summed E-state index contributed by atoms with van der Waals surface area (Å²) in [5.41, 5.74) is -0.952. The predicted octanol–water partition coefficient (Wildman–Crippen LogP) is 2.48. The molecule has 0 aromatic heterocycles. The Morgan fingerprint density at radius 1 is 1.38 bits per heavy atom. The number of hydrogen-bond acceptors (Lipinski definition) is 4. The third-order valence-electron chi connectivity index (χ3n) is 2.79. The fourth-order valence-corrected chi connectivity index (χ4v) is 1.91. The number of carbonyl (C=O) groups is 2. The van der Waals surface area contributed by atoms with Crippen LogP contribution in [-0.4, -0.2) is 27.9 Å². The van der Waals surface area contributed by atoms with E-state index in [0.717, 1.165) is 12.1 Å². The monoisotopic (exact) mass is 314 g/mol. The fourth-order valence-electron chi connectivity index (χ4n) is 1.66. The van der Waals surface area contributed by atoms with Gasteiger partial charge in [-0.25, -0.2) is 4.79 Å². The Hall–Kier alpha value is -2.15. The quantitative estimate of drug-likeness (QED) is 0.655. The topological polar surface area (TPSA) is 110 Å². The molecule has 0 saturated carbocycles. The molecule has 0 aliphatic carbocycles. The van der Waals surface area contributed by atoms with Gasteiger partial charge in [0.25, 0.3) is 11.6 Å². The summed E-state index contributed by atoms with van der Waals surface area (Å²) >= 11 is 5.72. The van der Waals surface area contributed by atoms with Crippen LogP contribution in [0.5, 0.6) is 0 Å². The van der Waals surface area contributed by atoms with Gasteiger partial charge in [-0.1, -0.05) is 32.4 Å². The number of carbonyl (C=O) groups excluding carboxylic acids is 1. The van der Waals surface area contributed by atoms with Crippen LogP contribution in [0, 0.1) is 15.5 Å². The molecule has 0 aliphatic heterocycles. The molecule has 8 heteroatoms. The first-order valence-corrected chi connectivity index (χ1v) is 6.39. The summed E-state index contributed by atoms with van der Waals surface area (Å²) in [7, 11) is 0. The van der Waals surface area contributed by atoms with E-state index in [4.69, 9.17) is 16.7 Å². The maximum absolute atomic E-state index is 12.0. The Labute approximate surface area is 126 Å². The normalized spacial score (nSPS) is 12.6. The largest absolute Gasteiger partial charge is 0.480 e. The second-order valence-electron chi connectivity index (χ2n) is 5.53. The Morgan fingerprint density at radius 3 is 2.33 bits per heavy atom. The average Bonchev–Trinajstić information content (AvgIpc) is 2.33. The maximum atomic E-state index is 12.0. The van der Waals surface area contributed by atoms with E-state index in [1.807, 2.05) is 0 Å². The molecule has 0 unspecified atom stereocenters. The Morgan fingerprint density at radius 2 is 1.95 bits per heavy atom. The standard InChI is InChI=1S/C13H15ClN2O5/c1-13(2,3)10(12(18)19)15-11(17)7-4-5-9(16(20)21)8(14)6-7/h4-6,10H,1-3H3,(H,15,17)(H,18,19)/t10-/m1/s1. The zero-order valence-corrected chi connectivity index (χ0v) is 12.5. The molecule has 21 heavy (non-hydrogen) atoms. The average molecular weight is 315 g/mol. The summed E-state index contributed by atoms with van der Waals surface area (Å²) in [6.07, 6.45) is 0. The number of carboxylic acid groups (broad SMARTS) is 1. The molecule has 2 N–H and O–H groups in total. The van der Waals surface area contributed by atoms with Crippen LogP contribution >= 0.6 is 11.6 Å². The lowest BCUT2D eigenvalue weighted by Gasteiger charge is -2.27. The van der Waals surface area contributed by atoms with Gasteiger partial charge in [0.2, 0.25) is 0 Å². The highest BCUT2D eigenvalue weighted by Crippen LogP contribution is 2.25. The Kier molecular flexibility index (Phi) is 4.90. The molecule has 0 heterocycles. The summed E-state index contributed by atoms with van der Waals surface area (Å²) in [5, 5.41) is 22.0. The molecule has 0 radical (unpaired) electrons. The van der Waals surface area contributed by atoms with Crippen molar-refractivity contribution in [2.24, 2.45) is 5.41 Å². The van der Waals surface area contributed by atoms with Crippen molar-refractivity contribution in [1.29, 1.82) is 0 Å². The third kappa shape index (κ3) is 4.16. The van der Waals surface area contributed by atoms with Gasteiger partial charge in [0.1, 0.15) is 11.1 Å². The summed E-state index contributed by atoms with van der Waals surface area (Å²) in [4.78, 5) is 33.2. The Balaban J connectivity index is 3.02. The van der Waals surface area contributed by atoms with Gasteiger partial charge in [0.15, 0.2) is 0 Å². The summed E-state index contributed by atoms with van der Waals surface area (Å²) < 4.78 is 0. The lowest BCUT2D eigenvalue weighted by atomic mass is 9.86. The van der Waals surface area contributed by atoms with E-state index in [-0.39, 0.29) is 16.3 Å². The van der Waals surface area contributed by atoms with Crippen molar-refractivity contribution in [1.82, 2.24) is 5.32 Å². The number of rotatable bonds is 4. The van der Waals surface area contributed by atoms with E-state index in [0.29, 0.717) is 0 Å².